The first-order valence-corrected chi connectivity index (χ1v) is 6.00. The zero-order valence-electron chi connectivity index (χ0n) is 9.92. The van der Waals surface area contributed by atoms with Gasteiger partial charge in [-0.25, -0.2) is 0 Å². The van der Waals surface area contributed by atoms with Crippen molar-refractivity contribution in [1.29, 1.82) is 0 Å². The van der Waals surface area contributed by atoms with Gasteiger partial charge in [-0.05, 0) is 26.3 Å². The maximum absolute atomic E-state index is 5.45. The summed E-state index contributed by atoms with van der Waals surface area (Å²) in [6.07, 6.45) is 2.15. The Labute approximate surface area is 92.7 Å². The van der Waals surface area contributed by atoms with Gasteiger partial charge in [0.05, 0.1) is 13.2 Å². The lowest BCUT2D eigenvalue weighted by molar-refractivity contribution is -0.175. The van der Waals surface area contributed by atoms with Gasteiger partial charge >= 0.3 is 0 Å². The van der Waals surface area contributed by atoms with E-state index in [1.165, 1.54) is 6.42 Å². The fourth-order valence-corrected chi connectivity index (χ4v) is 1.52. The van der Waals surface area contributed by atoms with Crippen molar-refractivity contribution in [1.82, 2.24) is 10.6 Å². The fraction of sp³-hybridized carbons (Fsp3) is 1.00. The first kappa shape index (κ1) is 12.9. The number of rotatable bonds is 7. The Morgan fingerprint density at radius 2 is 2.07 bits per heavy atom. The Morgan fingerprint density at radius 1 is 1.33 bits per heavy atom. The van der Waals surface area contributed by atoms with Crippen LogP contribution >= 0.6 is 0 Å². The smallest absolute Gasteiger partial charge is 0.169 e. The van der Waals surface area contributed by atoms with Crippen molar-refractivity contribution in [3.63, 3.8) is 0 Å². The lowest BCUT2D eigenvalue weighted by atomic mass is 10.3. The summed E-state index contributed by atoms with van der Waals surface area (Å²) >= 11 is 0. The highest BCUT2D eigenvalue weighted by Crippen LogP contribution is 2.03. The summed E-state index contributed by atoms with van der Waals surface area (Å²) in [6.45, 7) is 8.88. The highest BCUT2D eigenvalue weighted by atomic mass is 16.7. The van der Waals surface area contributed by atoms with E-state index >= 15 is 0 Å². The molecular formula is C11H24N2O2. The summed E-state index contributed by atoms with van der Waals surface area (Å²) in [7, 11) is 0. The molecule has 0 saturated carbocycles. The van der Waals surface area contributed by atoms with Crippen LogP contribution in [0.15, 0.2) is 0 Å². The molecule has 0 spiro atoms. The van der Waals surface area contributed by atoms with Crippen LogP contribution in [0.2, 0.25) is 0 Å². The van der Waals surface area contributed by atoms with Crippen molar-refractivity contribution < 1.29 is 9.47 Å². The molecule has 1 aliphatic heterocycles. The maximum Gasteiger partial charge on any atom is 0.169 e. The molecule has 1 heterocycles. The van der Waals surface area contributed by atoms with Gasteiger partial charge in [0.1, 0.15) is 0 Å². The molecule has 0 aromatic carbocycles. The Morgan fingerprint density at radius 3 is 2.73 bits per heavy atom. The number of hydrogen-bond donors (Lipinski definition) is 2. The molecule has 4 heteroatoms. The Bertz CT molecular complexity index is 150. The largest absolute Gasteiger partial charge is 0.351 e. The van der Waals surface area contributed by atoms with Gasteiger partial charge < -0.3 is 20.1 Å². The molecule has 0 aliphatic carbocycles. The van der Waals surface area contributed by atoms with Crippen molar-refractivity contribution >= 4 is 0 Å². The summed E-state index contributed by atoms with van der Waals surface area (Å²) in [4.78, 5) is 0. The molecule has 1 atom stereocenters. The molecule has 1 aliphatic rings. The van der Waals surface area contributed by atoms with Gasteiger partial charge in [0.2, 0.25) is 0 Å². The van der Waals surface area contributed by atoms with Crippen LogP contribution in [-0.4, -0.2) is 45.2 Å². The summed E-state index contributed by atoms with van der Waals surface area (Å²) in [5, 5.41) is 6.78. The molecule has 0 aromatic heterocycles. The first-order chi connectivity index (χ1) is 7.33. The third kappa shape index (κ3) is 6.10. The standard InChI is InChI=1S/C11H24N2O2/c1-3-5-12-8-10(2)13-9-11-14-6-4-7-15-11/h10-13H,3-9H2,1-2H3. The van der Waals surface area contributed by atoms with Crippen LogP contribution in [0.1, 0.15) is 26.7 Å². The van der Waals surface area contributed by atoms with Crippen molar-refractivity contribution in [3.05, 3.63) is 0 Å². The third-order valence-electron chi connectivity index (χ3n) is 2.41. The van der Waals surface area contributed by atoms with Crippen molar-refractivity contribution in [3.8, 4) is 0 Å². The summed E-state index contributed by atoms with van der Waals surface area (Å²) in [6, 6.07) is 0.464. The van der Waals surface area contributed by atoms with Gasteiger partial charge in [-0.3, -0.25) is 0 Å². The number of ether oxygens (including phenoxy) is 2. The Hall–Kier alpha value is -0.160. The van der Waals surface area contributed by atoms with Crippen LogP contribution in [0.5, 0.6) is 0 Å². The zero-order valence-corrected chi connectivity index (χ0v) is 9.92. The quantitative estimate of drug-likeness (QED) is 0.616. The average Bonchev–Trinajstić information content (AvgIpc) is 2.28. The van der Waals surface area contributed by atoms with Crippen molar-refractivity contribution in [2.75, 3.05) is 32.8 Å². The second kappa shape index (κ2) is 8.05. The molecule has 1 rings (SSSR count). The van der Waals surface area contributed by atoms with Gasteiger partial charge in [-0.1, -0.05) is 6.92 Å². The minimum Gasteiger partial charge on any atom is -0.351 e. The molecule has 0 radical (unpaired) electrons. The van der Waals surface area contributed by atoms with Gasteiger partial charge in [0.15, 0.2) is 6.29 Å². The van der Waals surface area contributed by atoms with Crippen LogP contribution in [0.3, 0.4) is 0 Å². The predicted octanol–water partition coefficient (Wildman–Crippen LogP) is 0.727. The highest BCUT2D eigenvalue weighted by Gasteiger charge is 2.14. The highest BCUT2D eigenvalue weighted by molar-refractivity contribution is 4.65. The van der Waals surface area contributed by atoms with Crippen LogP contribution in [0, 0.1) is 0 Å². The molecule has 1 saturated heterocycles. The van der Waals surface area contributed by atoms with E-state index in [1.807, 2.05) is 0 Å². The second-order valence-corrected chi connectivity index (χ2v) is 4.04. The zero-order chi connectivity index (χ0) is 10.9. The lowest BCUT2D eigenvalue weighted by Gasteiger charge is -2.25. The average molecular weight is 216 g/mol. The van der Waals surface area contributed by atoms with E-state index in [-0.39, 0.29) is 6.29 Å². The maximum atomic E-state index is 5.45. The van der Waals surface area contributed by atoms with Gasteiger partial charge in [-0.15, -0.1) is 0 Å². The third-order valence-corrected chi connectivity index (χ3v) is 2.41. The monoisotopic (exact) mass is 216 g/mol. The molecule has 0 aromatic rings. The molecule has 90 valence electrons. The predicted molar refractivity (Wildman–Crippen MR) is 60.9 cm³/mol. The fourth-order valence-electron chi connectivity index (χ4n) is 1.52. The molecule has 4 nitrogen and oxygen atoms in total. The van der Waals surface area contributed by atoms with Crippen LogP contribution in [0.25, 0.3) is 0 Å². The first-order valence-electron chi connectivity index (χ1n) is 6.00. The summed E-state index contributed by atoms with van der Waals surface area (Å²) in [5.41, 5.74) is 0. The molecule has 15 heavy (non-hydrogen) atoms. The molecular weight excluding hydrogens is 192 g/mol. The topological polar surface area (TPSA) is 42.5 Å². The van der Waals surface area contributed by atoms with Crippen LogP contribution < -0.4 is 10.6 Å². The SMILES string of the molecule is CCCNCC(C)NCC1OCCCO1. The van der Waals surface area contributed by atoms with Gasteiger partial charge in [-0.2, -0.15) is 0 Å². The second-order valence-electron chi connectivity index (χ2n) is 4.04. The van der Waals surface area contributed by atoms with Crippen molar-refractivity contribution in [2.24, 2.45) is 0 Å². The number of nitrogens with one attached hydrogen (secondary N) is 2. The summed E-state index contributed by atoms with van der Waals surface area (Å²) < 4.78 is 10.9. The van der Waals surface area contributed by atoms with E-state index in [0.29, 0.717) is 6.04 Å². The van der Waals surface area contributed by atoms with Gasteiger partial charge in [0, 0.05) is 19.1 Å². The van der Waals surface area contributed by atoms with E-state index in [4.69, 9.17) is 9.47 Å². The van der Waals surface area contributed by atoms with E-state index in [0.717, 1.165) is 39.3 Å². The molecule has 1 unspecified atom stereocenters. The Kier molecular flexibility index (Phi) is 6.92. The van der Waals surface area contributed by atoms with E-state index in [2.05, 4.69) is 24.5 Å². The molecule has 2 N–H and O–H groups in total. The number of hydrogen-bond acceptors (Lipinski definition) is 4. The Balaban J connectivity index is 1.97. The molecule has 1 fully saturated rings. The summed E-state index contributed by atoms with van der Waals surface area (Å²) in [5.74, 6) is 0. The van der Waals surface area contributed by atoms with Crippen LogP contribution in [0.4, 0.5) is 0 Å². The normalized spacial score (nSPS) is 20.4. The van der Waals surface area contributed by atoms with E-state index in [1.54, 1.807) is 0 Å². The van der Waals surface area contributed by atoms with E-state index < -0.39 is 0 Å². The van der Waals surface area contributed by atoms with E-state index in [9.17, 15) is 0 Å². The molecule has 0 amide bonds. The van der Waals surface area contributed by atoms with Gasteiger partial charge in [0.25, 0.3) is 0 Å². The minimum absolute atomic E-state index is 0.0487. The lowest BCUT2D eigenvalue weighted by Crippen LogP contribution is -2.43. The van der Waals surface area contributed by atoms with Crippen molar-refractivity contribution in [2.45, 2.75) is 39.0 Å². The molecule has 0 bridgehead atoms. The van der Waals surface area contributed by atoms with Crippen LogP contribution in [-0.2, 0) is 9.47 Å². The minimum atomic E-state index is -0.0487.